The first-order chi connectivity index (χ1) is 5.66. The van der Waals surface area contributed by atoms with Crippen molar-refractivity contribution in [3.8, 4) is 0 Å². The largest absolute Gasteiger partial charge is 0.329 e. The van der Waals surface area contributed by atoms with Gasteiger partial charge in [-0.25, -0.2) is 13.1 Å². The van der Waals surface area contributed by atoms with Crippen molar-refractivity contribution in [3.05, 3.63) is 0 Å². The minimum Gasteiger partial charge on any atom is -0.329 e. The van der Waals surface area contributed by atoms with Crippen molar-refractivity contribution >= 4 is 10.0 Å². The Morgan fingerprint density at radius 1 is 1.38 bits per heavy atom. The van der Waals surface area contributed by atoms with E-state index < -0.39 is 10.0 Å². The normalized spacial score (nSPS) is 15.8. The first-order valence-corrected chi connectivity index (χ1v) is 6.01. The first kappa shape index (κ1) is 12.9. The molecule has 1 atom stereocenters. The molecule has 0 aromatic rings. The summed E-state index contributed by atoms with van der Waals surface area (Å²) in [4.78, 5) is 0. The van der Waals surface area contributed by atoms with E-state index in [4.69, 9.17) is 5.73 Å². The van der Waals surface area contributed by atoms with Gasteiger partial charge < -0.3 is 5.73 Å². The third kappa shape index (κ3) is 6.98. The molecule has 0 fully saturated rings. The van der Waals surface area contributed by atoms with Crippen LogP contribution in [0.5, 0.6) is 0 Å². The Hall–Kier alpha value is -0.130. The van der Waals surface area contributed by atoms with Gasteiger partial charge in [0.1, 0.15) is 0 Å². The third-order valence-electron chi connectivity index (χ3n) is 1.36. The van der Waals surface area contributed by atoms with Crippen molar-refractivity contribution in [1.82, 2.24) is 4.72 Å². The molecule has 5 heteroatoms. The van der Waals surface area contributed by atoms with E-state index >= 15 is 0 Å². The molecule has 0 heterocycles. The highest BCUT2D eigenvalue weighted by Gasteiger charge is 2.22. The summed E-state index contributed by atoms with van der Waals surface area (Å²) >= 11 is 0. The van der Waals surface area contributed by atoms with Crippen LogP contribution < -0.4 is 10.5 Å². The highest BCUT2D eigenvalue weighted by molar-refractivity contribution is 7.89. The Morgan fingerprint density at radius 2 is 1.85 bits per heavy atom. The van der Waals surface area contributed by atoms with E-state index in [9.17, 15) is 8.42 Å². The Balaban J connectivity index is 4.27. The molecule has 0 bridgehead atoms. The molecule has 0 aliphatic heterocycles. The summed E-state index contributed by atoms with van der Waals surface area (Å²) < 4.78 is 25.4. The highest BCUT2D eigenvalue weighted by atomic mass is 32.2. The van der Waals surface area contributed by atoms with Gasteiger partial charge in [-0.2, -0.15) is 0 Å². The SMILES string of the molecule is CC(CN)NS(=O)(=O)CC(C)(C)C. The zero-order valence-electron chi connectivity index (χ0n) is 8.79. The lowest BCUT2D eigenvalue weighted by atomic mass is 10.0. The third-order valence-corrected chi connectivity index (χ3v) is 3.36. The fraction of sp³-hybridized carbons (Fsp3) is 1.00. The molecule has 0 aliphatic rings. The van der Waals surface area contributed by atoms with Gasteiger partial charge in [0.05, 0.1) is 5.75 Å². The van der Waals surface area contributed by atoms with Crippen molar-refractivity contribution in [2.24, 2.45) is 11.1 Å². The van der Waals surface area contributed by atoms with Crippen LogP contribution in [0, 0.1) is 5.41 Å². The van der Waals surface area contributed by atoms with Gasteiger partial charge in [0.25, 0.3) is 0 Å². The van der Waals surface area contributed by atoms with Gasteiger partial charge in [-0.15, -0.1) is 0 Å². The number of rotatable bonds is 4. The van der Waals surface area contributed by atoms with Gasteiger partial charge in [0.15, 0.2) is 0 Å². The summed E-state index contributed by atoms with van der Waals surface area (Å²) in [5, 5.41) is 0. The van der Waals surface area contributed by atoms with E-state index in [1.165, 1.54) is 0 Å². The molecule has 3 N–H and O–H groups in total. The van der Waals surface area contributed by atoms with Crippen molar-refractivity contribution < 1.29 is 8.42 Å². The van der Waals surface area contributed by atoms with E-state index in [1.54, 1.807) is 6.92 Å². The smallest absolute Gasteiger partial charge is 0.212 e. The quantitative estimate of drug-likeness (QED) is 0.698. The second-order valence-corrected chi connectivity index (χ2v) is 6.33. The number of nitrogens with two attached hydrogens (primary N) is 1. The number of sulfonamides is 1. The Kier molecular flexibility index (Phi) is 4.35. The van der Waals surface area contributed by atoms with Crippen molar-refractivity contribution in [2.75, 3.05) is 12.3 Å². The average molecular weight is 208 g/mol. The predicted octanol–water partition coefficient (Wildman–Crippen LogP) is 0.299. The molecule has 0 spiro atoms. The molecule has 13 heavy (non-hydrogen) atoms. The van der Waals surface area contributed by atoms with Gasteiger partial charge in [0.2, 0.25) is 10.0 Å². The molecule has 0 radical (unpaired) electrons. The van der Waals surface area contributed by atoms with Gasteiger partial charge in [-0.3, -0.25) is 0 Å². The first-order valence-electron chi connectivity index (χ1n) is 4.36. The highest BCUT2D eigenvalue weighted by Crippen LogP contribution is 2.15. The number of nitrogens with one attached hydrogen (secondary N) is 1. The standard InChI is InChI=1S/C8H20N2O2S/c1-7(5-9)10-13(11,12)6-8(2,3)4/h7,10H,5-6,9H2,1-4H3. The molecule has 0 aromatic carbocycles. The van der Waals surface area contributed by atoms with Crippen LogP contribution >= 0.6 is 0 Å². The van der Waals surface area contributed by atoms with Gasteiger partial charge in [-0.05, 0) is 12.3 Å². The Bertz CT molecular complexity index is 241. The maximum absolute atomic E-state index is 11.4. The van der Waals surface area contributed by atoms with Crippen molar-refractivity contribution in [1.29, 1.82) is 0 Å². The van der Waals surface area contributed by atoms with Gasteiger partial charge >= 0.3 is 0 Å². The Morgan fingerprint density at radius 3 is 2.15 bits per heavy atom. The number of hydrogen-bond acceptors (Lipinski definition) is 3. The maximum atomic E-state index is 11.4. The lowest BCUT2D eigenvalue weighted by Crippen LogP contribution is -2.41. The van der Waals surface area contributed by atoms with Gasteiger partial charge in [-0.1, -0.05) is 20.8 Å². The molecule has 0 amide bonds. The van der Waals surface area contributed by atoms with Crippen LogP contribution in [0.4, 0.5) is 0 Å². The van der Waals surface area contributed by atoms with Crippen LogP contribution in [0.25, 0.3) is 0 Å². The molecular formula is C8H20N2O2S. The topological polar surface area (TPSA) is 72.2 Å². The van der Waals surface area contributed by atoms with E-state index in [0.717, 1.165) is 0 Å². The minimum atomic E-state index is -3.18. The molecule has 80 valence electrons. The van der Waals surface area contributed by atoms with E-state index in [-0.39, 0.29) is 17.2 Å². The van der Waals surface area contributed by atoms with Gasteiger partial charge in [0, 0.05) is 12.6 Å². The number of hydrogen-bond donors (Lipinski definition) is 2. The molecule has 0 saturated carbocycles. The van der Waals surface area contributed by atoms with Crippen molar-refractivity contribution in [3.63, 3.8) is 0 Å². The fourth-order valence-corrected chi connectivity index (χ4v) is 2.90. The molecule has 0 aromatic heterocycles. The molecule has 0 saturated heterocycles. The van der Waals surface area contributed by atoms with Crippen molar-refractivity contribution in [2.45, 2.75) is 33.7 Å². The summed E-state index contributed by atoms with van der Waals surface area (Å²) in [6, 6.07) is -0.188. The summed E-state index contributed by atoms with van der Waals surface area (Å²) in [6.45, 7) is 7.74. The lowest BCUT2D eigenvalue weighted by molar-refractivity contribution is 0.455. The van der Waals surface area contributed by atoms with Crippen LogP contribution in [0.2, 0.25) is 0 Å². The molecular weight excluding hydrogens is 188 g/mol. The molecule has 1 unspecified atom stereocenters. The van der Waals surface area contributed by atoms with E-state index in [2.05, 4.69) is 4.72 Å². The molecule has 0 rings (SSSR count). The zero-order chi connectivity index (χ0) is 10.7. The van der Waals surface area contributed by atoms with Crippen LogP contribution in [0.3, 0.4) is 0 Å². The summed E-state index contributed by atoms with van der Waals surface area (Å²) in [5.41, 5.74) is 5.09. The van der Waals surface area contributed by atoms with Crippen LogP contribution in [0.15, 0.2) is 0 Å². The molecule has 0 aliphatic carbocycles. The predicted molar refractivity (Wildman–Crippen MR) is 54.9 cm³/mol. The average Bonchev–Trinajstić information content (AvgIpc) is 1.80. The second-order valence-electron chi connectivity index (χ2n) is 4.57. The van der Waals surface area contributed by atoms with Crippen LogP contribution in [0.1, 0.15) is 27.7 Å². The van der Waals surface area contributed by atoms with E-state index in [0.29, 0.717) is 6.54 Å². The Labute approximate surface area is 80.9 Å². The fourth-order valence-electron chi connectivity index (χ4n) is 0.966. The maximum Gasteiger partial charge on any atom is 0.212 e. The summed E-state index contributed by atoms with van der Waals surface area (Å²) in [6.07, 6.45) is 0. The summed E-state index contributed by atoms with van der Waals surface area (Å²) in [5.74, 6) is 0.129. The summed E-state index contributed by atoms with van der Waals surface area (Å²) in [7, 11) is -3.18. The second kappa shape index (κ2) is 4.39. The zero-order valence-corrected chi connectivity index (χ0v) is 9.61. The monoisotopic (exact) mass is 208 g/mol. The van der Waals surface area contributed by atoms with Crippen LogP contribution in [-0.4, -0.2) is 26.8 Å². The molecule has 4 nitrogen and oxygen atoms in total. The van der Waals surface area contributed by atoms with Crippen LogP contribution in [-0.2, 0) is 10.0 Å². The minimum absolute atomic E-state index is 0.129. The van der Waals surface area contributed by atoms with E-state index in [1.807, 2.05) is 20.8 Å². The lowest BCUT2D eigenvalue weighted by Gasteiger charge is -2.20.